The first-order valence-electron chi connectivity index (χ1n) is 4.59. The molecular weight excluding hydrogens is 244 g/mol. The second-order valence-corrected chi connectivity index (χ2v) is 3.77. The van der Waals surface area contributed by atoms with Gasteiger partial charge in [0.2, 0.25) is 0 Å². The second-order valence-electron chi connectivity index (χ2n) is 2.98. The van der Waals surface area contributed by atoms with Crippen LogP contribution in [0.15, 0.2) is 24.3 Å². The minimum atomic E-state index is 0.137. The second kappa shape index (κ2) is 6.04. The predicted molar refractivity (Wildman–Crippen MR) is 61.2 cm³/mol. The van der Waals surface area contributed by atoms with Crippen LogP contribution in [0.4, 0.5) is 0 Å². The predicted octanol–water partition coefficient (Wildman–Crippen LogP) is 3.17. The third-order valence-electron chi connectivity index (χ3n) is 2.03. The van der Waals surface area contributed by atoms with Gasteiger partial charge in [-0.05, 0) is 24.6 Å². The number of methoxy groups -OCH3 is 1. The molecule has 0 aliphatic rings. The van der Waals surface area contributed by atoms with Gasteiger partial charge in [0.1, 0.15) is 5.75 Å². The highest BCUT2D eigenvalue weighted by atomic mass is 79.9. The largest absolute Gasteiger partial charge is 0.497 e. The van der Waals surface area contributed by atoms with Crippen LogP contribution in [-0.4, -0.2) is 19.0 Å². The third kappa shape index (κ3) is 3.31. The van der Waals surface area contributed by atoms with Crippen LogP contribution < -0.4 is 4.74 Å². The van der Waals surface area contributed by atoms with Gasteiger partial charge in [-0.15, -0.1) is 0 Å². The summed E-state index contributed by atoms with van der Waals surface area (Å²) < 4.78 is 10.6. The SMILES string of the molecule is COc1ccc(C(C)OCCBr)cc1. The highest BCUT2D eigenvalue weighted by molar-refractivity contribution is 9.09. The van der Waals surface area contributed by atoms with Crippen molar-refractivity contribution in [2.24, 2.45) is 0 Å². The van der Waals surface area contributed by atoms with Gasteiger partial charge < -0.3 is 9.47 Å². The maximum atomic E-state index is 5.56. The van der Waals surface area contributed by atoms with Crippen molar-refractivity contribution in [1.82, 2.24) is 0 Å². The maximum absolute atomic E-state index is 5.56. The molecule has 0 aliphatic carbocycles. The Labute approximate surface area is 93.4 Å². The van der Waals surface area contributed by atoms with Crippen molar-refractivity contribution in [2.75, 3.05) is 19.0 Å². The lowest BCUT2D eigenvalue weighted by Gasteiger charge is -2.12. The van der Waals surface area contributed by atoms with Crippen LogP contribution in [0, 0.1) is 0 Å². The maximum Gasteiger partial charge on any atom is 0.118 e. The molecule has 14 heavy (non-hydrogen) atoms. The first-order chi connectivity index (χ1) is 6.77. The molecule has 1 aromatic rings. The third-order valence-corrected chi connectivity index (χ3v) is 2.35. The molecule has 0 saturated carbocycles. The number of hydrogen-bond donors (Lipinski definition) is 0. The zero-order valence-corrected chi connectivity index (χ0v) is 10.1. The van der Waals surface area contributed by atoms with E-state index >= 15 is 0 Å². The van der Waals surface area contributed by atoms with Crippen molar-refractivity contribution in [3.8, 4) is 5.75 Å². The Hall–Kier alpha value is -0.540. The lowest BCUT2D eigenvalue weighted by molar-refractivity contribution is 0.0789. The van der Waals surface area contributed by atoms with E-state index in [0.29, 0.717) is 0 Å². The Kier molecular flexibility index (Phi) is 4.98. The fraction of sp³-hybridized carbons (Fsp3) is 0.455. The standard InChI is InChI=1S/C11H15BrO2/c1-9(14-8-7-12)10-3-5-11(13-2)6-4-10/h3-6,9H,7-8H2,1-2H3. The molecule has 1 unspecified atom stereocenters. The van der Waals surface area contributed by atoms with E-state index in [4.69, 9.17) is 9.47 Å². The molecule has 3 heteroatoms. The van der Waals surface area contributed by atoms with Gasteiger partial charge in [-0.3, -0.25) is 0 Å². The average molecular weight is 259 g/mol. The highest BCUT2D eigenvalue weighted by Gasteiger charge is 2.04. The zero-order chi connectivity index (χ0) is 10.4. The number of rotatable bonds is 5. The molecule has 0 bridgehead atoms. The number of hydrogen-bond acceptors (Lipinski definition) is 2. The number of halogens is 1. The molecule has 0 radical (unpaired) electrons. The summed E-state index contributed by atoms with van der Waals surface area (Å²) in [5.41, 5.74) is 1.17. The molecule has 0 saturated heterocycles. The zero-order valence-electron chi connectivity index (χ0n) is 8.50. The van der Waals surface area contributed by atoms with E-state index in [2.05, 4.69) is 15.9 Å². The molecule has 0 heterocycles. The quantitative estimate of drug-likeness (QED) is 0.756. The minimum absolute atomic E-state index is 0.137. The van der Waals surface area contributed by atoms with E-state index in [1.54, 1.807) is 7.11 Å². The molecule has 1 rings (SSSR count). The normalized spacial score (nSPS) is 12.5. The molecule has 1 atom stereocenters. The first-order valence-corrected chi connectivity index (χ1v) is 5.71. The van der Waals surface area contributed by atoms with E-state index in [0.717, 1.165) is 17.7 Å². The van der Waals surface area contributed by atoms with Crippen LogP contribution in [0.25, 0.3) is 0 Å². The van der Waals surface area contributed by atoms with E-state index < -0.39 is 0 Å². The van der Waals surface area contributed by atoms with Gasteiger partial charge in [-0.2, -0.15) is 0 Å². The summed E-state index contributed by atoms with van der Waals surface area (Å²) in [5, 5.41) is 0.869. The van der Waals surface area contributed by atoms with Crippen LogP contribution in [0.3, 0.4) is 0 Å². The van der Waals surface area contributed by atoms with Gasteiger partial charge in [-0.1, -0.05) is 28.1 Å². The van der Waals surface area contributed by atoms with Crippen molar-refractivity contribution in [3.05, 3.63) is 29.8 Å². The van der Waals surface area contributed by atoms with Crippen molar-refractivity contribution in [1.29, 1.82) is 0 Å². The van der Waals surface area contributed by atoms with Crippen molar-refractivity contribution in [2.45, 2.75) is 13.0 Å². The van der Waals surface area contributed by atoms with E-state index in [1.165, 1.54) is 5.56 Å². The molecule has 0 N–H and O–H groups in total. The van der Waals surface area contributed by atoms with Crippen molar-refractivity contribution >= 4 is 15.9 Å². The monoisotopic (exact) mass is 258 g/mol. The lowest BCUT2D eigenvalue weighted by atomic mass is 10.1. The van der Waals surface area contributed by atoms with Crippen molar-refractivity contribution in [3.63, 3.8) is 0 Å². The fourth-order valence-electron chi connectivity index (χ4n) is 1.19. The summed E-state index contributed by atoms with van der Waals surface area (Å²) >= 11 is 3.33. The van der Waals surface area contributed by atoms with Gasteiger partial charge in [0.05, 0.1) is 19.8 Å². The molecule has 2 nitrogen and oxygen atoms in total. The van der Waals surface area contributed by atoms with E-state index in [-0.39, 0.29) is 6.10 Å². The van der Waals surface area contributed by atoms with Crippen LogP contribution >= 0.6 is 15.9 Å². The molecule has 0 amide bonds. The van der Waals surface area contributed by atoms with Gasteiger partial charge in [0.25, 0.3) is 0 Å². The van der Waals surface area contributed by atoms with Crippen molar-refractivity contribution < 1.29 is 9.47 Å². The topological polar surface area (TPSA) is 18.5 Å². The van der Waals surface area contributed by atoms with E-state index in [1.807, 2.05) is 31.2 Å². The Morgan fingerprint density at radius 1 is 1.29 bits per heavy atom. The number of ether oxygens (including phenoxy) is 2. The molecule has 0 aliphatic heterocycles. The summed E-state index contributed by atoms with van der Waals surface area (Å²) in [4.78, 5) is 0. The lowest BCUT2D eigenvalue weighted by Crippen LogP contribution is -2.02. The summed E-state index contributed by atoms with van der Waals surface area (Å²) in [6.45, 7) is 2.78. The van der Waals surface area contributed by atoms with Crippen LogP contribution in [0.2, 0.25) is 0 Å². The van der Waals surface area contributed by atoms with Gasteiger partial charge in [0.15, 0.2) is 0 Å². The van der Waals surface area contributed by atoms with Crippen LogP contribution in [0.5, 0.6) is 5.75 Å². The van der Waals surface area contributed by atoms with Gasteiger partial charge in [-0.25, -0.2) is 0 Å². The molecule has 0 fully saturated rings. The van der Waals surface area contributed by atoms with Crippen LogP contribution in [0.1, 0.15) is 18.6 Å². The Morgan fingerprint density at radius 3 is 2.43 bits per heavy atom. The summed E-state index contributed by atoms with van der Waals surface area (Å²) in [7, 11) is 1.67. The molecule has 0 aromatic heterocycles. The average Bonchev–Trinajstić information content (AvgIpc) is 2.26. The van der Waals surface area contributed by atoms with E-state index in [9.17, 15) is 0 Å². The number of alkyl halides is 1. The molecule has 78 valence electrons. The highest BCUT2D eigenvalue weighted by Crippen LogP contribution is 2.19. The molecule has 1 aromatic carbocycles. The van der Waals surface area contributed by atoms with Gasteiger partial charge >= 0.3 is 0 Å². The molecular formula is C11H15BrO2. The Balaban J connectivity index is 2.57. The fourth-order valence-corrected chi connectivity index (χ4v) is 1.38. The smallest absolute Gasteiger partial charge is 0.118 e. The summed E-state index contributed by atoms with van der Waals surface area (Å²) in [6, 6.07) is 7.95. The molecule has 0 spiro atoms. The van der Waals surface area contributed by atoms with Crippen LogP contribution in [-0.2, 0) is 4.74 Å². The summed E-state index contributed by atoms with van der Waals surface area (Å²) in [5.74, 6) is 0.876. The Morgan fingerprint density at radius 2 is 1.93 bits per heavy atom. The number of benzene rings is 1. The minimum Gasteiger partial charge on any atom is -0.497 e. The van der Waals surface area contributed by atoms with Gasteiger partial charge in [0, 0.05) is 5.33 Å². The summed E-state index contributed by atoms with van der Waals surface area (Å²) in [6.07, 6.45) is 0.137. The first kappa shape index (κ1) is 11.5. The Bertz CT molecular complexity index is 258.